The highest BCUT2D eigenvalue weighted by atomic mass is 32.1. The molecule has 138 valence electrons. The Morgan fingerprint density at radius 2 is 2.19 bits per heavy atom. The van der Waals surface area contributed by atoms with Gasteiger partial charge in [-0.15, -0.1) is 0 Å². The highest BCUT2D eigenvalue weighted by Gasteiger charge is 2.29. The number of rotatable bonds is 4. The van der Waals surface area contributed by atoms with E-state index in [1.54, 1.807) is 12.4 Å². The molecule has 0 bridgehead atoms. The third-order valence-corrected chi connectivity index (χ3v) is 5.66. The van der Waals surface area contributed by atoms with E-state index in [4.69, 9.17) is 0 Å². The molecule has 1 aliphatic heterocycles. The van der Waals surface area contributed by atoms with E-state index in [1.165, 1.54) is 11.3 Å². The zero-order chi connectivity index (χ0) is 18.7. The molecule has 1 N–H and O–H groups in total. The number of aryl methyl sites for hydroxylation is 1. The van der Waals surface area contributed by atoms with Crippen LogP contribution in [0.1, 0.15) is 32.4 Å². The van der Waals surface area contributed by atoms with Gasteiger partial charge < -0.3 is 10.2 Å². The van der Waals surface area contributed by atoms with Crippen molar-refractivity contribution < 1.29 is 9.59 Å². The SMILES string of the molecule is Cc1nc(-c2cccnc2)sc1NC(=O)C1CCCN(C(=O)C(C)C)C1. The van der Waals surface area contributed by atoms with Gasteiger partial charge >= 0.3 is 0 Å². The average molecular weight is 372 g/mol. The summed E-state index contributed by atoms with van der Waals surface area (Å²) in [6.45, 7) is 6.92. The van der Waals surface area contributed by atoms with Crippen molar-refractivity contribution in [3.8, 4) is 10.6 Å². The molecule has 1 fully saturated rings. The summed E-state index contributed by atoms with van der Waals surface area (Å²) in [5.41, 5.74) is 1.74. The van der Waals surface area contributed by atoms with E-state index in [1.807, 2.05) is 37.8 Å². The van der Waals surface area contributed by atoms with Gasteiger partial charge in [0.15, 0.2) is 0 Å². The summed E-state index contributed by atoms with van der Waals surface area (Å²) >= 11 is 1.45. The molecule has 1 aliphatic rings. The summed E-state index contributed by atoms with van der Waals surface area (Å²) in [5.74, 6) is -0.122. The summed E-state index contributed by atoms with van der Waals surface area (Å²) in [6, 6.07) is 3.82. The number of hydrogen-bond acceptors (Lipinski definition) is 5. The third kappa shape index (κ3) is 4.09. The van der Waals surface area contributed by atoms with Crippen LogP contribution in [0, 0.1) is 18.8 Å². The number of pyridine rings is 1. The normalized spacial score (nSPS) is 17.4. The van der Waals surface area contributed by atoms with Gasteiger partial charge in [0.05, 0.1) is 11.6 Å². The number of piperidine rings is 1. The van der Waals surface area contributed by atoms with Crippen LogP contribution in [0.15, 0.2) is 24.5 Å². The molecule has 0 radical (unpaired) electrons. The maximum absolute atomic E-state index is 12.7. The van der Waals surface area contributed by atoms with E-state index in [9.17, 15) is 9.59 Å². The smallest absolute Gasteiger partial charge is 0.229 e. The Morgan fingerprint density at radius 1 is 1.38 bits per heavy atom. The predicted octanol–water partition coefficient (Wildman–Crippen LogP) is 3.35. The molecular weight excluding hydrogens is 348 g/mol. The Kier molecular flexibility index (Phi) is 5.66. The number of amides is 2. The number of likely N-dealkylation sites (tertiary alicyclic amines) is 1. The van der Waals surface area contributed by atoms with Crippen LogP contribution in [-0.4, -0.2) is 39.8 Å². The zero-order valence-corrected chi connectivity index (χ0v) is 16.2. The number of aromatic nitrogens is 2. The average Bonchev–Trinajstić information content (AvgIpc) is 3.02. The minimum Gasteiger partial charge on any atom is -0.342 e. The van der Waals surface area contributed by atoms with E-state index in [0.717, 1.165) is 40.7 Å². The van der Waals surface area contributed by atoms with Crippen LogP contribution in [0.2, 0.25) is 0 Å². The molecule has 0 saturated carbocycles. The maximum Gasteiger partial charge on any atom is 0.229 e. The van der Waals surface area contributed by atoms with Crippen LogP contribution >= 0.6 is 11.3 Å². The van der Waals surface area contributed by atoms with Gasteiger partial charge in [0.2, 0.25) is 11.8 Å². The predicted molar refractivity (Wildman–Crippen MR) is 103 cm³/mol. The summed E-state index contributed by atoms with van der Waals surface area (Å²) in [7, 11) is 0. The van der Waals surface area contributed by atoms with Crippen LogP contribution in [-0.2, 0) is 9.59 Å². The van der Waals surface area contributed by atoms with Gasteiger partial charge in [-0.05, 0) is 31.9 Å². The molecule has 0 spiro atoms. The Hall–Kier alpha value is -2.28. The molecule has 26 heavy (non-hydrogen) atoms. The monoisotopic (exact) mass is 372 g/mol. The number of hydrogen-bond donors (Lipinski definition) is 1. The van der Waals surface area contributed by atoms with Crippen LogP contribution in [0.3, 0.4) is 0 Å². The maximum atomic E-state index is 12.7. The zero-order valence-electron chi connectivity index (χ0n) is 15.4. The van der Waals surface area contributed by atoms with E-state index < -0.39 is 0 Å². The van der Waals surface area contributed by atoms with Crippen molar-refractivity contribution in [3.05, 3.63) is 30.2 Å². The van der Waals surface area contributed by atoms with Crippen molar-refractivity contribution >= 4 is 28.2 Å². The van der Waals surface area contributed by atoms with Crippen molar-refractivity contribution in [2.75, 3.05) is 18.4 Å². The van der Waals surface area contributed by atoms with Crippen molar-refractivity contribution in [1.82, 2.24) is 14.9 Å². The van der Waals surface area contributed by atoms with E-state index in [-0.39, 0.29) is 23.7 Å². The van der Waals surface area contributed by atoms with E-state index in [0.29, 0.717) is 6.54 Å². The minimum atomic E-state index is -0.171. The van der Waals surface area contributed by atoms with Gasteiger partial charge in [0.25, 0.3) is 0 Å². The molecule has 2 aromatic heterocycles. The fourth-order valence-electron chi connectivity index (χ4n) is 3.10. The number of thiazole rings is 1. The number of anilines is 1. The van der Waals surface area contributed by atoms with Crippen LogP contribution in [0.25, 0.3) is 10.6 Å². The van der Waals surface area contributed by atoms with Crippen molar-refractivity contribution in [2.24, 2.45) is 11.8 Å². The van der Waals surface area contributed by atoms with E-state index >= 15 is 0 Å². The molecule has 2 aromatic rings. The lowest BCUT2D eigenvalue weighted by molar-refractivity contribution is -0.137. The van der Waals surface area contributed by atoms with Crippen LogP contribution in [0.5, 0.6) is 0 Å². The van der Waals surface area contributed by atoms with Gasteiger partial charge in [-0.2, -0.15) is 0 Å². The fourth-order valence-corrected chi connectivity index (χ4v) is 4.06. The quantitative estimate of drug-likeness (QED) is 0.893. The largest absolute Gasteiger partial charge is 0.342 e. The molecule has 3 rings (SSSR count). The van der Waals surface area contributed by atoms with Gasteiger partial charge in [0, 0.05) is 37.0 Å². The van der Waals surface area contributed by atoms with Crippen LogP contribution < -0.4 is 5.32 Å². The van der Waals surface area contributed by atoms with Crippen LogP contribution in [0.4, 0.5) is 5.00 Å². The lowest BCUT2D eigenvalue weighted by Gasteiger charge is -2.33. The standard InChI is InChI=1S/C19H24N4O2S/c1-12(2)19(25)23-9-5-7-15(11-23)16(24)22-17-13(3)21-18(26-17)14-6-4-8-20-10-14/h4,6,8,10,12,15H,5,7,9,11H2,1-3H3,(H,22,24). The first-order valence-electron chi connectivity index (χ1n) is 8.93. The molecule has 6 nitrogen and oxygen atoms in total. The molecular formula is C19H24N4O2S. The Bertz CT molecular complexity index is 788. The second-order valence-electron chi connectivity index (χ2n) is 6.94. The summed E-state index contributed by atoms with van der Waals surface area (Å²) in [5, 5.41) is 4.62. The number of carbonyl (C=O) groups is 2. The van der Waals surface area contributed by atoms with Gasteiger partial charge in [0.1, 0.15) is 10.0 Å². The summed E-state index contributed by atoms with van der Waals surface area (Å²) < 4.78 is 0. The Labute approximate surface area is 157 Å². The molecule has 1 atom stereocenters. The Morgan fingerprint density at radius 3 is 2.88 bits per heavy atom. The topological polar surface area (TPSA) is 75.2 Å². The highest BCUT2D eigenvalue weighted by molar-refractivity contribution is 7.19. The Balaban J connectivity index is 1.68. The van der Waals surface area contributed by atoms with Gasteiger partial charge in [-0.3, -0.25) is 14.6 Å². The third-order valence-electron chi connectivity index (χ3n) is 4.54. The molecule has 0 aromatic carbocycles. The molecule has 3 heterocycles. The van der Waals surface area contributed by atoms with Crippen molar-refractivity contribution in [1.29, 1.82) is 0 Å². The molecule has 0 aliphatic carbocycles. The molecule has 2 amide bonds. The first-order chi connectivity index (χ1) is 12.5. The van der Waals surface area contributed by atoms with E-state index in [2.05, 4.69) is 15.3 Å². The number of nitrogens with one attached hydrogen (secondary N) is 1. The number of carbonyl (C=O) groups excluding carboxylic acids is 2. The minimum absolute atomic E-state index is 0.0317. The second kappa shape index (κ2) is 7.95. The first-order valence-corrected chi connectivity index (χ1v) is 9.75. The molecule has 1 unspecified atom stereocenters. The highest BCUT2D eigenvalue weighted by Crippen LogP contribution is 2.32. The lowest BCUT2D eigenvalue weighted by Crippen LogP contribution is -2.45. The summed E-state index contributed by atoms with van der Waals surface area (Å²) in [6.07, 6.45) is 5.15. The number of nitrogens with zero attached hydrogens (tertiary/aromatic N) is 3. The lowest BCUT2D eigenvalue weighted by atomic mass is 9.96. The van der Waals surface area contributed by atoms with Gasteiger partial charge in [-0.1, -0.05) is 25.2 Å². The second-order valence-corrected chi connectivity index (χ2v) is 7.94. The van der Waals surface area contributed by atoms with Crippen molar-refractivity contribution in [3.63, 3.8) is 0 Å². The molecule has 7 heteroatoms. The van der Waals surface area contributed by atoms with Crippen molar-refractivity contribution in [2.45, 2.75) is 33.6 Å². The summed E-state index contributed by atoms with van der Waals surface area (Å²) in [4.78, 5) is 35.4. The molecule has 1 saturated heterocycles. The fraction of sp³-hybridized carbons (Fsp3) is 0.474. The first kappa shape index (κ1) is 18.5. The van der Waals surface area contributed by atoms with Gasteiger partial charge in [-0.25, -0.2) is 4.98 Å².